The van der Waals surface area contributed by atoms with E-state index in [9.17, 15) is 9.18 Å². The lowest BCUT2D eigenvalue weighted by Gasteiger charge is -2.20. The third kappa shape index (κ3) is 5.15. The zero-order valence-corrected chi connectivity index (χ0v) is 21.8. The Morgan fingerprint density at radius 1 is 1.03 bits per heavy atom. The van der Waals surface area contributed by atoms with E-state index in [2.05, 4.69) is 41.3 Å². The number of aryl methyl sites for hydroxylation is 2. The van der Waals surface area contributed by atoms with Crippen LogP contribution in [0, 0.1) is 18.2 Å². The summed E-state index contributed by atoms with van der Waals surface area (Å²) in [4.78, 5) is 20.0. The van der Waals surface area contributed by atoms with Crippen LogP contribution in [0.5, 0.6) is 0 Å². The molecule has 190 valence electrons. The third-order valence-electron chi connectivity index (χ3n) is 6.42. The highest BCUT2D eigenvalue weighted by Crippen LogP contribution is 2.35. The molecule has 8 heteroatoms. The number of nitrogens with one attached hydrogen (secondary N) is 1. The molecule has 0 atom stereocenters. The first-order chi connectivity index (χ1) is 17.6. The number of fused-ring (bicyclic) bond motifs is 1. The largest absolute Gasteiger partial charge is 0.317 e. The first-order valence-corrected chi connectivity index (χ1v) is 12.4. The van der Waals surface area contributed by atoms with E-state index in [0.717, 1.165) is 34.5 Å². The first kappa shape index (κ1) is 24.8. The maximum atomic E-state index is 14.2. The van der Waals surface area contributed by atoms with Crippen molar-refractivity contribution < 1.29 is 9.18 Å². The van der Waals surface area contributed by atoms with Gasteiger partial charge in [-0.3, -0.25) is 9.69 Å². The molecule has 0 spiro atoms. The van der Waals surface area contributed by atoms with Crippen LogP contribution in [0.1, 0.15) is 48.0 Å². The highest BCUT2D eigenvalue weighted by Gasteiger charge is 2.30. The highest BCUT2D eigenvalue weighted by atomic mass is 19.1. The Morgan fingerprint density at radius 2 is 1.84 bits per heavy atom. The van der Waals surface area contributed by atoms with Gasteiger partial charge in [0.2, 0.25) is 0 Å². The van der Waals surface area contributed by atoms with Crippen molar-refractivity contribution in [2.45, 2.75) is 40.8 Å². The number of rotatable bonds is 6. The highest BCUT2D eigenvalue weighted by molar-refractivity contribution is 6.10. The fourth-order valence-corrected chi connectivity index (χ4v) is 4.68. The second kappa shape index (κ2) is 9.52. The van der Waals surface area contributed by atoms with Gasteiger partial charge in [-0.1, -0.05) is 39.0 Å². The van der Waals surface area contributed by atoms with Gasteiger partial charge in [0.05, 0.1) is 6.54 Å². The van der Waals surface area contributed by atoms with E-state index >= 15 is 0 Å². The van der Waals surface area contributed by atoms with Crippen molar-refractivity contribution in [3.8, 4) is 22.5 Å². The lowest BCUT2D eigenvalue weighted by atomic mass is 9.96. The molecule has 0 unspecified atom stereocenters. The van der Waals surface area contributed by atoms with Gasteiger partial charge in [0.15, 0.2) is 5.82 Å². The van der Waals surface area contributed by atoms with Crippen molar-refractivity contribution in [2.24, 2.45) is 12.5 Å². The molecule has 5 rings (SSSR count). The summed E-state index contributed by atoms with van der Waals surface area (Å²) in [6, 6.07) is 14.4. The molecule has 1 amide bonds. The number of carbonyl (C=O) groups excluding carboxylic acids is 1. The van der Waals surface area contributed by atoms with Gasteiger partial charge in [-0.25, -0.2) is 9.37 Å². The van der Waals surface area contributed by atoms with Crippen molar-refractivity contribution in [3.63, 3.8) is 0 Å². The molecule has 1 N–H and O–H groups in total. The van der Waals surface area contributed by atoms with Crippen LogP contribution in [-0.4, -0.2) is 32.2 Å². The Bertz CT molecular complexity index is 1490. The average Bonchev–Trinajstić information content (AvgIpc) is 3.40. The van der Waals surface area contributed by atoms with Crippen LogP contribution in [0.2, 0.25) is 0 Å². The van der Waals surface area contributed by atoms with Crippen molar-refractivity contribution in [1.29, 1.82) is 0 Å². The molecule has 3 heterocycles. The molecule has 0 aliphatic carbocycles. The number of hydrogen-bond acceptors (Lipinski definition) is 5. The Labute approximate surface area is 216 Å². The Kier molecular flexibility index (Phi) is 6.37. The van der Waals surface area contributed by atoms with Gasteiger partial charge in [0, 0.05) is 37.0 Å². The van der Waals surface area contributed by atoms with Crippen LogP contribution in [0.25, 0.3) is 22.5 Å². The van der Waals surface area contributed by atoms with Crippen molar-refractivity contribution >= 4 is 11.7 Å². The number of anilines is 1. The second-order valence-electron chi connectivity index (χ2n) is 10.9. The zero-order chi connectivity index (χ0) is 26.3. The summed E-state index contributed by atoms with van der Waals surface area (Å²) in [5.41, 5.74) is 5.93. The standard InChI is InChI=1S/C29H31FN6O/c1-18-10-19(14-31-16-29(2,3)4)11-26(33-18)36-15-21-7-6-20(12-24(21)28(36)37)23-9-8-22(30)13-25(23)27-34-32-17-35(27)5/h6-13,17,31H,14-16H2,1-5H3. The number of halogens is 1. The Hall–Kier alpha value is -3.91. The van der Waals surface area contributed by atoms with Gasteiger partial charge >= 0.3 is 0 Å². The summed E-state index contributed by atoms with van der Waals surface area (Å²) in [6.07, 6.45) is 1.58. The number of nitrogens with zero attached hydrogens (tertiary/aromatic N) is 5. The van der Waals surface area contributed by atoms with Gasteiger partial charge in [-0.2, -0.15) is 0 Å². The van der Waals surface area contributed by atoms with Crippen LogP contribution < -0.4 is 10.2 Å². The van der Waals surface area contributed by atoms with Crippen LogP contribution in [0.4, 0.5) is 10.2 Å². The third-order valence-corrected chi connectivity index (χ3v) is 6.42. The lowest BCUT2D eigenvalue weighted by Crippen LogP contribution is -2.27. The number of amides is 1. The lowest BCUT2D eigenvalue weighted by molar-refractivity contribution is 0.0996. The number of carbonyl (C=O) groups is 1. The molecule has 4 aromatic rings. The molecule has 0 radical (unpaired) electrons. The molecule has 37 heavy (non-hydrogen) atoms. The van der Waals surface area contributed by atoms with E-state index in [-0.39, 0.29) is 17.1 Å². The van der Waals surface area contributed by atoms with E-state index in [4.69, 9.17) is 0 Å². The number of aromatic nitrogens is 4. The molecule has 0 fully saturated rings. The summed E-state index contributed by atoms with van der Waals surface area (Å²) in [5, 5.41) is 11.6. The van der Waals surface area contributed by atoms with Crippen LogP contribution in [0.3, 0.4) is 0 Å². The zero-order valence-electron chi connectivity index (χ0n) is 21.8. The van der Waals surface area contributed by atoms with Gasteiger partial charge in [0.1, 0.15) is 18.0 Å². The van der Waals surface area contributed by atoms with E-state index in [1.165, 1.54) is 12.1 Å². The quantitative estimate of drug-likeness (QED) is 0.391. The SMILES string of the molecule is Cc1cc(CNCC(C)(C)C)cc(N2Cc3ccc(-c4ccc(F)cc4-c4nncn4C)cc3C2=O)n1. The summed E-state index contributed by atoms with van der Waals surface area (Å²) in [7, 11) is 1.82. The van der Waals surface area contributed by atoms with Crippen LogP contribution in [-0.2, 0) is 20.1 Å². The van der Waals surface area contributed by atoms with Gasteiger partial charge in [0.25, 0.3) is 5.91 Å². The monoisotopic (exact) mass is 498 g/mol. The Balaban J connectivity index is 1.45. The predicted molar refractivity (Wildman–Crippen MR) is 142 cm³/mol. The normalized spacial score (nSPS) is 13.4. The molecule has 7 nitrogen and oxygen atoms in total. The molecular weight excluding hydrogens is 467 g/mol. The molecule has 0 bridgehead atoms. The fraction of sp³-hybridized carbons (Fsp3) is 0.310. The van der Waals surface area contributed by atoms with Crippen molar-refractivity contribution in [3.05, 3.63) is 83.1 Å². The number of hydrogen-bond donors (Lipinski definition) is 1. The predicted octanol–water partition coefficient (Wildman–Crippen LogP) is 5.29. The molecule has 1 aliphatic heterocycles. The molecule has 0 saturated heterocycles. The van der Waals surface area contributed by atoms with E-state index in [0.29, 0.717) is 35.9 Å². The molecule has 1 aliphatic rings. The molecule has 0 saturated carbocycles. The van der Waals surface area contributed by atoms with Crippen LogP contribution >= 0.6 is 0 Å². The maximum Gasteiger partial charge on any atom is 0.260 e. The average molecular weight is 499 g/mol. The number of pyridine rings is 1. The topological polar surface area (TPSA) is 75.9 Å². The van der Waals surface area contributed by atoms with Gasteiger partial charge in [-0.05, 0) is 64.9 Å². The van der Waals surface area contributed by atoms with E-state index in [1.807, 2.05) is 44.3 Å². The summed E-state index contributed by atoms with van der Waals surface area (Å²) >= 11 is 0. The van der Waals surface area contributed by atoms with Crippen LogP contribution in [0.15, 0.2) is 54.9 Å². The summed E-state index contributed by atoms with van der Waals surface area (Å²) in [6.45, 7) is 10.6. The minimum absolute atomic E-state index is 0.0918. The van der Waals surface area contributed by atoms with Gasteiger partial charge < -0.3 is 9.88 Å². The summed E-state index contributed by atoms with van der Waals surface area (Å²) < 4.78 is 15.9. The van der Waals surface area contributed by atoms with Crippen molar-refractivity contribution in [2.75, 3.05) is 11.4 Å². The Morgan fingerprint density at radius 3 is 2.57 bits per heavy atom. The second-order valence-corrected chi connectivity index (χ2v) is 10.9. The van der Waals surface area contributed by atoms with Gasteiger partial charge in [-0.15, -0.1) is 10.2 Å². The first-order valence-electron chi connectivity index (χ1n) is 12.4. The number of benzene rings is 2. The molecular formula is C29H31FN6O. The molecule has 2 aromatic heterocycles. The maximum absolute atomic E-state index is 14.2. The van der Waals surface area contributed by atoms with E-state index < -0.39 is 0 Å². The van der Waals surface area contributed by atoms with E-state index in [1.54, 1.807) is 21.9 Å². The summed E-state index contributed by atoms with van der Waals surface area (Å²) in [5.74, 6) is 0.755. The smallest absolute Gasteiger partial charge is 0.260 e. The van der Waals surface area contributed by atoms with Crippen molar-refractivity contribution in [1.82, 2.24) is 25.1 Å². The minimum Gasteiger partial charge on any atom is -0.317 e. The minimum atomic E-state index is -0.358. The fourth-order valence-electron chi connectivity index (χ4n) is 4.68. The molecule has 2 aromatic carbocycles.